The van der Waals surface area contributed by atoms with Crippen LogP contribution in [0.4, 0.5) is 4.39 Å². The van der Waals surface area contributed by atoms with Crippen LogP contribution in [0.2, 0.25) is 0 Å². The molecule has 0 amide bonds. The maximum atomic E-state index is 14.1. The Labute approximate surface area is 295 Å². The van der Waals surface area contributed by atoms with Gasteiger partial charge in [-0.3, -0.25) is 4.98 Å². The summed E-state index contributed by atoms with van der Waals surface area (Å²) in [4.78, 5) is 6.38. The van der Waals surface area contributed by atoms with Gasteiger partial charge >= 0.3 is 0 Å². The van der Waals surface area contributed by atoms with Gasteiger partial charge in [-0.15, -0.1) is 15.0 Å². The summed E-state index contributed by atoms with van der Waals surface area (Å²) < 4.78 is 20.4. The molecule has 51 heavy (non-hydrogen) atoms. The molecule has 6 aromatic carbocycles. The molecule has 0 aliphatic rings. The number of halogens is 1. The number of tetrazole rings is 1. The molecule has 0 unspecified atom stereocenters. The van der Waals surface area contributed by atoms with E-state index in [9.17, 15) is 4.39 Å². The third kappa shape index (κ3) is 6.04. The molecular formula is C44H34FN5O. The normalized spacial score (nSPS) is 11.5. The Bertz CT molecular complexity index is 2320. The summed E-state index contributed by atoms with van der Waals surface area (Å²) in [7, 11) is 0. The zero-order chi connectivity index (χ0) is 34.6. The van der Waals surface area contributed by atoms with E-state index in [-0.39, 0.29) is 5.82 Å². The lowest BCUT2D eigenvalue weighted by atomic mass is 9.77. The number of fused-ring (bicyclic) bond motifs is 1. The monoisotopic (exact) mass is 667 g/mol. The van der Waals surface area contributed by atoms with Gasteiger partial charge in [-0.25, -0.2) is 4.39 Å². The van der Waals surface area contributed by atoms with Gasteiger partial charge in [0.1, 0.15) is 18.2 Å². The van der Waals surface area contributed by atoms with Gasteiger partial charge in [0.05, 0.1) is 5.52 Å². The first kappa shape index (κ1) is 31.8. The van der Waals surface area contributed by atoms with Crippen molar-refractivity contribution >= 4 is 10.9 Å². The molecule has 2 heterocycles. The van der Waals surface area contributed by atoms with E-state index in [1.165, 1.54) is 12.1 Å². The van der Waals surface area contributed by atoms with Gasteiger partial charge < -0.3 is 4.74 Å². The Hall–Kier alpha value is -6.47. The number of benzene rings is 6. The van der Waals surface area contributed by atoms with Crippen LogP contribution in [0.3, 0.4) is 0 Å². The SMILES string of the molecule is CCc1cc(OCc2ccc(-c3ccccc3-c3nnn(C(c4ccccc4)(c4ccccc4)c4ccccc4)n3)cc2)c2cc(F)ccc2n1. The predicted molar refractivity (Wildman–Crippen MR) is 199 cm³/mol. The van der Waals surface area contributed by atoms with Crippen molar-refractivity contribution in [3.8, 4) is 28.3 Å². The number of nitrogens with zero attached hydrogens (tertiary/aromatic N) is 5. The van der Waals surface area contributed by atoms with Crippen LogP contribution in [0, 0.1) is 5.82 Å². The zero-order valence-electron chi connectivity index (χ0n) is 28.0. The van der Waals surface area contributed by atoms with Crippen molar-refractivity contribution in [2.24, 2.45) is 0 Å². The van der Waals surface area contributed by atoms with Gasteiger partial charge in [-0.2, -0.15) is 0 Å². The molecule has 0 atom stereocenters. The third-order valence-corrected chi connectivity index (χ3v) is 9.26. The average molecular weight is 668 g/mol. The molecule has 0 radical (unpaired) electrons. The molecule has 0 fully saturated rings. The maximum Gasteiger partial charge on any atom is 0.205 e. The second kappa shape index (κ2) is 13.8. The van der Waals surface area contributed by atoms with Crippen LogP contribution in [0.15, 0.2) is 164 Å². The fraction of sp³-hybridized carbons (Fsp3) is 0.0909. The molecule has 0 saturated heterocycles. The lowest BCUT2D eigenvalue weighted by Crippen LogP contribution is -2.39. The largest absolute Gasteiger partial charge is 0.488 e. The number of rotatable bonds is 10. The summed E-state index contributed by atoms with van der Waals surface area (Å²) in [6, 6.07) is 53.8. The van der Waals surface area contributed by atoms with E-state index >= 15 is 0 Å². The summed E-state index contributed by atoms with van der Waals surface area (Å²) >= 11 is 0. The Morgan fingerprint density at radius 1 is 0.647 bits per heavy atom. The van der Waals surface area contributed by atoms with Gasteiger partial charge in [-0.05, 0) is 63.2 Å². The van der Waals surface area contributed by atoms with E-state index in [2.05, 4.69) is 59.6 Å². The molecule has 0 bridgehead atoms. The van der Waals surface area contributed by atoms with Crippen LogP contribution in [0.25, 0.3) is 33.4 Å². The molecule has 0 aliphatic heterocycles. The van der Waals surface area contributed by atoms with Crippen LogP contribution >= 0.6 is 0 Å². The lowest BCUT2D eigenvalue weighted by Gasteiger charge is -2.34. The zero-order valence-corrected chi connectivity index (χ0v) is 28.0. The molecule has 2 aromatic heterocycles. The molecule has 0 saturated carbocycles. The van der Waals surface area contributed by atoms with Gasteiger partial charge in [0.25, 0.3) is 0 Å². The minimum Gasteiger partial charge on any atom is -0.488 e. The van der Waals surface area contributed by atoms with E-state index in [1.54, 1.807) is 10.9 Å². The number of aryl methyl sites for hydroxylation is 1. The molecule has 6 nitrogen and oxygen atoms in total. The number of pyridine rings is 1. The van der Waals surface area contributed by atoms with Crippen LogP contribution in [0.5, 0.6) is 5.75 Å². The van der Waals surface area contributed by atoms with E-state index in [0.717, 1.165) is 56.6 Å². The first-order valence-corrected chi connectivity index (χ1v) is 17.0. The highest BCUT2D eigenvalue weighted by atomic mass is 19.1. The maximum absolute atomic E-state index is 14.1. The molecule has 7 heteroatoms. The van der Waals surface area contributed by atoms with E-state index in [1.807, 2.05) is 97.9 Å². The van der Waals surface area contributed by atoms with Crippen molar-refractivity contribution in [2.45, 2.75) is 25.5 Å². The number of hydrogen-bond donors (Lipinski definition) is 0. The fourth-order valence-corrected chi connectivity index (χ4v) is 6.74. The standard InChI is InChI=1S/C44H34FN5O/c1-2-37-29-42(40-28-36(45)26-27-41(40)46-37)51-30-31-22-24-32(25-23-31)38-20-12-13-21-39(38)43-47-49-50(48-43)44(33-14-6-3-7-15-33,34-16-8-4-9-17-34)35-18-10-5-11-19-35/h3-29H,2,30H2,1H3. The first-order valence-electron chi connectivity index (χ1n) is 17.0. The van der Waals surface area contributed by atoms with E-state index in [4.69, 9.17) is 20.1 Å². The van der Waals surface area contributed by atoms with Crippen molar-refractivity contribution in [3.05, 3.63) is 198 Å². The quantitative estimate of drug-likeness (QED) is 0.136. The van der Waals surface area contributed by atoms with E-state index < -0.39 is 5.54 Å². The van der Waals surface area contributed by atoms with Crippen molar-refractivity contribution in [3.63, 3.8) is 0 Å². The topological polar surface area (TPSA) is 65.7 Å². The number of hydrogen-bond acceptors (Lipinski definition) is 5. The molecular weight excluding hydrogens is 634 g/mol. The summed E-state index contributed by atoms with van der Waals surface area (Å²) in [6.07, 6.45) is 0.756. The van der Waals surface area contributed by atoms with Crippen molar-refractivity contribution in [1.82, 2.24) is 25.2 Å². The van der Waals surface area contributed by atoms with Gasteiger partial charge in [0.15, 0.2) is 5.54 Å². The van der Waals surface area contributed by atoms with Crippen molar-refractivity contribution in [2.75, 3.05) is 0 Å². The average Bonchev–Trinajstić information content (AvgIpc) is 3.69. The van der Waals surface area contributed by atoms with Crippen LogP contribution in [-0.4, -0.2) is 25.2 Å². The Morgan fingerprint density at radius 2 is 1.24 bits per heavy atom. The summed E-state index contributed by atoms with van der Waals surface area (Å²) in [5.41, 5.74) is 7.66. The highest BCUT2D eigenvalue weighted by molar-refractivity contribution is 5.85. The van der Waals surface area contributed by atoms with E-state index in [0.29, 0.717) is 23.6 Å². The number of ether oxygens (including phenoxy) is 1. The fourth-order valence-electron chi connectivity index (χ4n) is 6.74. The summed E-state index contributed by atoms with van der Waals surface area (Å²) in [6.45, 7) is 2.37. The minimum atomic E-state index is -0.866. The van der Waals surface area contributed by atoms with Gasteiger partial charge in [0, 0.05) is 22.7 Å². The van der Waals surface area contributed by atoms with Gasteiger partial charge in [0.2, 0.25) is 5.82 Å². The minimum absolute atomic E-state index is 0.318. The Balaban J connectivity index is 1.14. The van der Waals surface area contributed by atoms with Crippen molar-refractivity contribution < 1.29 is 9.13 Å². The number of aromatic nitrogens is 5. The summed E-state index contributed by atoms with van der Waals surface area (Å²) in [5, 5.41) is 15.2. The second-order valence-electron chi connectivity index (χ2n) is 12.4. The smallest absolute Gasteiger partial charge is 0.205 e. The first-order chi connectivity index (χ1) is 25.1. The Kier molecular flexibility index (Phi) is 8.60. The van der Waals surface area contributed by atoms with Crippen LogP contribution in [-0.2, 0) is 18.6 Å². The lowest BCUT2D eigenvalue weighted by molar-refractivity contribution is 0.309. The van der Waals surface area contributed by atoms with Crippen molar-refractivity contribution in [1.29, 1.82) is 0 Å². The highest BCUT2D eigenvalue weighted by Crippen LogP contribution is 2.40. The molecule has 0 aliphatic carbocycles. The second-order valence-corrected chi connectivity index (χ2v) is 12.4. The van der Waals surface area contributed by atoms with Crippen LogP contribution < -0.4 is 4.74 Å². The van der Waals surface area contributed by atoms with Crippen LogP contribution in [0.1, 0.15) is 34.9 Å². The Morgan fingerprint density at radius 3 is 1.84 bits per heavy atom. The van der Waals surface area contributed by atoms with Gasteiger partial charge in [-0.1, -0.05) is 146 Å². The third-order valence-electron chi connectivity index (χ3n) is 9.26. The highest BCUT2D eigenvalue weighted by Gasteiger charge is 2.41. The molecule has 8 aromatic rings. The summed E-state index contributed by atoms with van der Waals surface area (Å²) in [5.74, 6) is 0.827. The molecule has 0 spiro atoms. The molecule has 0 N–H and O–H groups in total. The molecule has 248 valence electrons. The predicted octanol–water partition coefficient (Wildman–Crippen LogP) is 9.68. The molecule has 8 rings (SSSR count).